The first-order valence-electron chi connectivity index (χ1n) is 5.37. The third-order valence-electron chi connectivity index (χ3n) is 2.42. The molecule has 2 nitrogen and oxygen atoms in total. The first kappa shape index (κ1) is 12.1. The second-order valence-electron chi connectivity index (χ2n) is 3.84. The van der Waals surface area contributed by atoms with E-state index in [1.807, 2.05) is 17.5 Å². The Balaban J connectivity index is 2.05. The van der Waals surface area contributed by atoms with Crippen molar-refractivity contribution in [1.29, 1.82) is 0 Å². The van der Waals surface area contributed by atoms with E-state index in [0.717, 1.165) is 4.88 Å². The molecule has 0 amide bonds. The molecular weight excluding hydrogens is 237 g/mol. The SMILES string of the molecule is C[C@H](N)c1ccc(OCc2cccs2)cc1F. The molecule has 4 heteroatoms. The van der Waals surface area contributed by atoms with Crippen LogP contribution in [0.4, 0.5) is 4.39 Å². The maximum atomic E-state index is 13.6. The van der Waals surface area contributed by atoms with Gasteiger partial charge in [0.15, 0.2) is 0 Å². The Morgan fingerprint density at radius 3 is 2.82 bits per heavy atom. The average molecular weight is 251 g/mol. The van der Waals surface area contributed by atoms with Gasteiger partial charge in [-0.1, -0.05) is 12.1 Å². The number of hydrogen-bond acceptors (Lipinski definition) is 3. The highest BCUT2D eigenvalue weighted by molar-refractivity contribution is 7.09. The van der Waals surface area contributed by atoms with Crippen LogP contribution in [-0.2, 0) is 6.61 Å². The van der Waals surface area contributed by atoms with E-state index < -0.39 is 0 Å². The van der Waals surface area contributed by atoms with Crippen LogP contribution in [0.1, 0.15) is 23.4 Å². The summed E-state index contributed by atoms with van der Waals surface area (Å²) < 4.78 is 19.1. The second-order valence-corrected chi connectivity index (χ2v) is 4.87. The molecule has 0 bridgehead atoms. The molecule has 0 aliphatic carbocycles. The fraction of sp³-hybridized carbons (Fsp3) is 0.231. The topological polar surface area (TPSA) is 35.2 Å². The Hall–Kier alpha value is -1.39. The molecule has 1 atom stereocenters. The Labute approximate surface area is 104 Å². The van der Waals surface area contributed by atoms with E-state index in [0.29, 0.717) is 17.9 Å². The third kappa shape index (κ3) is 3.05. The fourth-order valence-electron chi connectivity index (χ4n) is 1.52. The van der Waals surface area contributed by atoms with Crippen molar-refractivity contribution in [2.45, 2.75) is 19.6 Å². The maximum absolute atomic E-state index is 13.6. The molecule has 0 spiro atoms. The van der Waals surface area contributed by atoms with Gasteiger partial charge in [-0.15, -0.1) is 11.3 Å². The van der Waals surface area contributed by atoms with Crippen LogP contribution in [0.25, 0.3) is 0 Å². The van der Waals surface area contributed by atoms with E-state index in [9.17, 15) is 4.39 Å². The molecule has 1 aromatic carbocycles. The van der Waals surface area contributed by atoms with Crippen molar-refractivity contribution >= 4 is 11.3 Å². The Morgan fingerprint density at radius 1 is 1.41 bits per heavy atom. The van der Waals surface area contributed by atoms with Gasteiger partial charge in [-0.2, -0.15) is 0 Å². The van der Waals surface area contributed by atoms with Gasteiger partial charge in [-0.25, -0.2) is 4.39 Å². The molecule has 2 aromatic rings. The van der Waals surface area contributed by atoms with Crippen LogP contribution in [0, 0.1) is 5.82 Å². The van der Waals surface area contributed by atoms with Gasteiger partial charge in [0.2, 0.25) is 0 Å². The van der Waals surface area contributed by atoms with Crippen LogP contribution in [0.3, 0.4) is 0 Å². The standard InChI is InChI=1S/C13H14FNOS/c1-9(15)12-5-4-10(7-13(12)14)16-8-11-3-2-6-17-11/h2-7,9H,8,15H2,1H3/t9-/m0/s1. The van der Waals surface area contributed by atoms with E-state index in [1.54, 1.807) is 30.4 Å². The predicted octanol–water partition coefficient (Wildman–Crippen LogP) is 3.49. The van der Waals surface area contributed by atoms with Crippen molar-refractivity contribution in [2.24, 2.45) is 5.73 Å². The van der Waals surface area contributed by atoms with Gasteiger partial charge in [0.05, 0.1) is 0 Å². The van der Waals surface area contributed by atoms with Gasteiger partial charge < -0.3 is 10.5 Å². The zero-order chi connectivity index (χ0) is 12.3. The minimum atomic E-state index is -0.316. The first-order valence-corrected chi connectivity index (χ1v) is 6.25. The van der Waals surface area contributed by atoms with Crippen LogP contribution < -0.4 is 10.5 Å². The molecule has 0 radical (unpaired) electrons. The van der Waals surface area contributed by atoms with Crippen molar-refractivity contribution in [2.75, 3.05) is 0 Å². The van der Waals surface area contributed by atoms with Crippen molar-refractivity contribution in [3.05, 3.63) is 52.0 Å². The van der Waals surface area contributed by atoms with Gasteiger partial charge >= 0.3 is 0 Å². The maximum Gasteiger partial charge on any atom is 0.131 e. The molecule has 0 saturated heterocycles. The molecule has 2 rings (SSSR count). The van der Waals surface area contributed by atoms with Crippen molar-refractivity contribution < 1.29 is 9.13 Å². The smallest absolute Gasteiger partial charge is 0.131 e. The summed E-state index contributed by atoms with van der Waals surface area (Å²) in [6.45, 7) is 2.22. The van der Waals surface area contributed by atoms with Crippen molar-refractivity contribution in [3.8, 4) is 5.75 Å². The quantitative estimate of drug-likeness (QED) is 0.902. The molecule has 2 N–H and O–H groups in total. The summed E-state index contributed by atoms with van der Waals surface area (Å²) in [6, 6.07) is 8.44. The summed E-state index contributed by atoms with van der Waals surface area (Å²) in [5, 5.41) is 1.98. The van der Waals surface area contributed by atoms with Crippen LogP contribution in [0.2, 0.25) is 0 Å². The number of ether oxygens (including phenoxy) is 1. The summed E-state index contributed by atoms with van der Waals surface area (Å²) >= 11 is 1.62. The van der Waals surface area contributed by atoms with Crippen LogP contribution in [0.15, 0.2) is 35.7 Å². The minimum Gasteiger partial charge on any atom is -0.488 e. The molecule has 0 fully saturated rings. The number of nitrogens with two attached hydrogens (primary N) is 1. The van der Waals surface area contributed by atoms with Gasteiger partial charge in [-0.3, -0.25) is 0 Å². The van der Waals surface area contributed by atoms with Gasteiger partial charge in [0.25, 0.3) is 0 Å². The summed E-state index contributed by atoms with van der Waals surface area (Å²) in [7, 11) is 0. The average Bonchev–Trinajstić information content (AvgIpc) is 2.78. The predicted molar refractivity (Wildman–Crippen MR) is 67.7 cm³/mol. The Kier molecular flexibility index (Phi) is 3.76. The molecule has 1 heterocycles. The van der Waals surface area contributed by atoms with E-state index in [1.165, 1.54) is 6.07 Å². The zero-order valence-corrected chi connectivity index (χ0v) is 10.3. The normalized spacial score (nSPS) is 12.4. The third-order valence-corrected chi connectivity index (χ3v) is 3.27. The summed E-state index contributed by atoms with van der Waals surface area (Å²) in [4.78, 5) is 1.11. The number of thiophene rings is 1. The van der Waals surface area contributed by atoms with E-state index >= 15 is 0 Å². The summed E-state index contributed by atoms with van der Waals surface area (Å²) in [6.07, 6.45) is 0. The van der Waals surface area contributed by atoms with E-state index in [-0.39, 0.29) is 11.9 Å². The Bertz CT molecular complexity index is 482. The molecule has 0 aliphatic heterocycles. The summed E-state index contributed by atoms with van der Waals surface area (Å²) in [5.74, 6) is 0.212. The highest BCUT2D eigenvalue weighted by Gasteiger charge is 2.08. The zero-order valence-electron chi connectivity index (χ0n) is 9.52. The molecule has 0 unspecified atom stereocenters. The largest absolute Gasteiger partial charge is 0.488 e. The summed E-state index contributed by atoms with van der Waals surface area (Å²) in [5.41, 5.74) is 6.14. The number of rotatable bonds is 4. The molecule has 0 saturated carbocycles. The number of benzene rings is 1. The van der Waals surface area contributed by atoms with Crippen molar-refractivity contribution in [3.63, 3.8) is 0 Å². The lowest BCUT2D eigenvalue weighted by Crippen LogP contribution is -2.07. The molecule has 1 aromatic heterocycles. The lowest BCUT2D eigenvalue weighted by atomic mass is 10.1. The van der Waals surface area contributed by atoms with Crippen molar-refractivity contribution in [1.82, 2.24) is 0 Å². The fourth-order valence-corrected chi connectivity index (χ4v) is 2.13. The van der Waals surface area contributed by atoms with Crippen LogP contribution >= 0.6 is 11.3 Å². The lowest BCUT2D eigenvalue weighted by molar-refractivity contribution is 0.308. The van der Waals surface area contributed by atoms with Crippen LogP contribution in [0.5, 0.6) is 5.75 Å². The van der Waals surface area contributed by atoms with Crippen LogP contribution in [-0.4, -0.2) is 0 Å². The lowest BCUT2D eigenvalue weighted by Gasteiger charge is -2.09. The highest BCUT2D eigenvalue weighted by Crippen LogP contribution is 2.22. The highest BCUT2D eigenvalue weighted by atomic mass is 32.1. The first-order chi connectivity index (χ1) is 8.16. The second kappa shape index (κ2) is 5.29. The number of halogens is 1. The van der Waals surface area contributed by atoms with Gasteiger partial charge in [0, 0.05) is 22.5 Å². The minimum absolute atomic E-state index is 0.304. The Morgan fingerprint density at radius 2 is 2.24 bits per heavy atom. The molecule has 90 valence electrons. The molecular formula is C13H14FNOS. The van der Waals surface area contributed by atoms with E-state index in [2.05, 4.69) is 0 Å². The van der Waals surface area contributed by atoms with Gasteiger partial charge in [-0.05, 0) is 24.4 Å². The monoisotopic (exact) mass is 251 g/mol. The van der Waals surface area contributed by atoms with E-state index in [4.69, 9.17) is 10.5 Å². The number of hydrogen-bond donors (Lipinski definition) is 1. The molecule has 17 heavy (non-hydrogen) atoms. The van der Waals surface area contributed by atoms with Gasteiger partial charge in [0.1, 0.15) is 18.2 Å². The molecule has 0 aliphatic rings.